The smallest absolute Gasteiger partial charge is 0.259 e. The molecule has 42 heavy (non-hydrogen) atoms. The number of anilines is 1. The molecule has 1 N–H and O–H groups in total. The highest BCUT2D eigenvalue weighted by Crippen LogP contribution is 2.51. The number of piperidine rings is 2. The Balaban J connectivity index is 1.01. The minimum atomic E-state index is -0.700. The SMILES string of the molecule is CC1(n2cc(Cc3ccc4c5c(cccc35)C(=O)N4[C@H]3CCC(=O)NC3=O)cn2)CCN(C(=O)C23COC(C2)C3)CC1. The molecule has 4 saturated heterocycles. The highest BCUT2D eigenvalue weighted by Gasteiger charge is 2.58. The van der Waals surface area contributed by atoms with Crippen LogP contribution in [0.1, 0.15) is 66.9 Å². The molecule has 6 aliphatic rings. The zero-order valence-electron chi connectivity index (χ0n) is 23.6. The number of likely N-dealkylation sites (tertiary alicyclic amines) is 1. The van der Waals surface area contributed by atoms with Crippen molar-refractivity contribution in [2.45, 2.75) is 69.6 Å². The Hall–Kier alpha value is -4.05. The van der Waals surface area contributed by atoms with Gasteiger partial charge in [0.1, 0.15) is 6.04 Å². The number of amides is 4. The Morgan fingerprint density at radius 1 is 1.12 bits per heavy atom. The summed E-state index contributed by atoms with van der Waals surface area (Å²) in [5, 5.41) is 8.98. The Labute approximate surface area is 243 Å². The molecule has 4 amide bonds. The fourth-order valence-electron chi connectivity index (χ4n) is 7.74. The lowest BCUT2D eigenvalue weighted by Gasteiger charge is -2.44. The molecule has 0 radical (unpaired) electrons. The van der Waals surface area contributed by atoms with E-state index in [4.69, 9.17) is 9.84 Å². The van der Waals surface area contributed by atoms with Gasteiger partial charge in [-0.25, -0.2) is 0 Å². The van der Waals surface area contributed by atoms with Crippen molar-refractivity contribution in [2.24, 2.45) is 5.41 Å². The lowest BCUT2D eigenvalue weighted by Crippen LogP contribution is -2.54. The van der Waals surface area contributed by atoms with Gasteiger partial charge >= 0.3 is 0 Å². The van der Waals surface area contributed by atoms with Crippen molar-refractivity contribution in [3.8, 4) is 0 Å². The summed E-state index contributed by atoms with van der Waals surface area (Å²) in [5.74, 6) is -0.666. The zero-order valence-corrected chi connectivity index (χ0v) is 23.6. The number of nitrogens with zero attached hydrogens (tertiary/aromatic N) is 4. The summed E-state index contributed by atoms with van der Waals surface area (Å²) >= 11 is 0. The van der Waals surface area contributed by atoms with E-state index in [2.05, 4.69) is 23.1 Å². The average molecular weight is 568 g/mol. The average Bonchev–Trinajstić information content (AvgIpc) is 3.76. The first-order valence-electron chi connectivity index (χ1n) is 14.9. The van der Waals surface area contributed by atoms with Gasteiger partial charge in [0, 0.05) is 43.1 Å². The third-order valence-corrected chi connectivity index (χ3v) is 10.3. The molecule has 5 fully saturated rings. The molecule has 2 bridgehead atoms. The molecule has 10 nitrogen and oxygen atoms in total. The van der Waals surface area contributed by atoms with Gasteiger partial charge in [-0.15, -0.1) is 0 Å². The van der Waals surface area contributed by atoms with Gasteiger partial charge in [-0.3, -0.25) is 34.1 Å². The van der Waals surface area contributed by atoms with Gasteiger partial charge in [0.2, 0.25) is 17.7 Å². The van der Waals surface area contributed by atoms with Crippen LogP contribution in [-0.2, 0) is 31.1 Å². The van der Waals surface area contributed by atoms with Gasteiger partial charge < -0.3 is 9.64 Å². The summed E-state index contributed by atoms with van der Waals surface area (Å²) in [4.78, 5) is 54.6. The highest BCUT2D eigenvalue weighted by molar-refractivity contribution is 6.27. The normalized spacial score (nSPS) is 27.9. The van der Waals surface area contributed by atoms with Crippen LogP contribution >= 0.6 is 0 Å². The molecule has 1 atom stereocenters. The van der Waals surface area contributed by atoms with Gasteiger partial charge in [0.25, 0.3) is 5.91 Å². The molecule has 0 spiro atoms. The molecule has 2 aromatic carbocycles. The fourth-order valence-corrected chi connectivity index (χ4v) is 7.74. The van der Waals surface area contributed by atoms with Crippen molar-refractivity contribution in [3.63, 3.8) is 0 Å². The van der Waals surface area contributed by atoms with E-state index >= 15 is 0 Å². The zero-order chi connectivity index (χ0) is 28.8. The van der Waals surface area contributed by atoms with Crippen LogP contribution in [0.15, 0.2) is 42.7 Å². The standard InChI is InChI=1S/C32H33N5O5/c1-31(9-11-35(12-10-31)30(41)32-14-21(15-32)42-18-32)36-17-19(16-33-36)13-20-5-6-24-27-22(20)3-2-4-23(27)29(40)37(24)25-7-8-26(38)34-28(25)39/h2-6,16-17,21,25H,7-15,18H2,1H3,(H,34,38,39)/t21?,25-,32?/m0/s1. The van der Waals surface area contributed by atoms with Crippen molar-refractivity contribution in [2.75, 3.05) is 24.6 Å². The van der Waals surface area contributed by atoms with E-state index < -0.39 is 11.9 Å². The first-order chi connectivity index (χ1) is 20.2. The topological polar surface area (TPSA) is 114 Å². The van der Waals surface area contributed by atoms with Crippen LogP contribution in [0, 0.1) is 5.41 Å². The number of nitrogens with one attached hydrogen (secondary N) is 1. The third-order valence-electron chi connectivity index (χ3n) is 10.3. The predicted octanol–water partition coefficient (Wildman–Crippen LogP) is 2.91. The van der Waals surface area contributed by atoms with Crippen LogP contribution in [-0.4, -0.2) is 70.2 Å². The number of hydrogen-bond acceptors (Lipinski definition) is 6. The van der Waals surface area contributed by atoms with Crippen molar-refractivity contribution in [1.29, 1.82) is 0 Å². The predicted molar refractivity (Wildman–Crippen MR) is 153 cm³/mol. The van der Waals surface area contributed by atoms with Gasteiger partial charge in [0.15, 0.2) is 0 Å². The number of aromatic nitrogens is 2. The molecule has 1 saturated carbocycles. The summed E-state index contributed by atoms with van der Waals surface area (Å²) in [6, 6.07) is 8.97. The Morgan fingerprint density at radius 2 is 1.93 bits per heavy atom. The van der Waals surface area contributed by atoms with Crippen LogP contribution in [0.5, 0.6) is 0 Å². The molecule has 5 aliphatic heterocycles. The van der Waals surface area contributed by atoms with Gasteiger partial charge in [-0.1, -0.05) is 18.2 Å². The number of imide groups is 1. The van der Waals surface area contributed by atoms with E-state index in [1.807, 2.05) is 41.4 Å². The number of benzene rings is 2. The van der Waals surface area contributed by atoms with E-state index in [1.54, 1.807) is 4.90 Å². The third kappa shape index (κ3) is 3.70. The summed E-state index contributed by atoms with van der Waals surface area (Å²) in [5.41, 5.74) is 3.02. The second kappa shape index (κ2) is 8.97. The largest absolute Gasteiger partial charge is 0.377 e. The molecule has 1 aromatic heterocycles. The monoisotopic (exact) mass is 567 g/mol. The van der Waals surface area contributed by atoms with E-state index in [0.29, 0.717) is 25.0 Å². The van der Waals surface area contributed by atoms with E-state index in [0.717, 1.165) is 66.4 Å². The molecular formula is C32H33N5O5. The molecule has 3 aromatic rings. The molecule has 0 unspecified atom stereocenters. The number of hydrogen-bond donors (Lipinski definition) is 1. The first-order valence-corrected chi connectivity index (χ1v) is 14.9. The van der Waals surface area contributed by atoms with Crippen LogP contribution < -0.4 is 10.2 Å². The summed E-state index contributed by atoms with van der Waals surface area (Å²) in [6.07, 6.45) is 8.94. The highest BCUT2D eigenvalue weighted by atomic mass is 16.5. The van der Waals surface area contributed by atoms with Crippen molar-refractivity contribution < 1.29 is 23.9 Å². The number of carbonyl (C=O) groups excluding carboxylic acids is 4. The van der Waals surface area contributed by atoms with E-state index in [9.17, 15) is 19.2 Å². The number of ether oxygens (including phenoxy) is 1. The van der Waals surface area contributed by atoms with E-state index in [-0.39, 0.29) is 41.2 Å². The minimum absolute atomic E-state index is 0.169. The molecule has 9 rings (SSSR count). The van der Waals surface area contributed by atoms with Crippen LogP contribution in [0.2, 0.25) is 0 Å². The number of carbonyl (C=O) groups is 4. The molecular weight excluding hydrogens is 534 g/mol. The maximum Gasteiger partial charge on any atom is 0.259 e. The van der Waals surface area contributed by atoms with E-state index in [1.165, 1.54) is 0 Å². The Bertz CT molecular complexity index is 1670. The molecule has 6 heterocycles. The Kier molecular flexibility index (Phi) is 5.48. The van der Waals surface area contributed by atoms with Crippen molar-refractivity contribution >= 4 is 40.1 Å². The van der Waals surface area contributed by atoms with Crippen molar-refractivity contribution in [1.82, 2.24) is 20.0 Å². The van der Waals surface area contributed by atoms with Gasteiger partial charge in [0.05, 0.1) is 35.5 Å². The second-order valence-corrected chi connectivity index (χ2v) is 13.0. The van der Waals surface area contributed by atoms with Crippen LogP contribution in [0.3, 0.4) is 0 Å². The van der Waals surface area contributed by atoms with Crippen molar-refractivity contribution in [3.05, 3.63) is 59.4 Å². The lowest BCUT2D eigenvalue weighted by atomic mass is 9.69. The minimum Gasteiger partial charge on any atom is -0.377 e. The quantitative estimate of drug-likeness (QED) is 0.475. The first kappa shape index (κ1) is 25.6. The van der Waals surface area contributed by atoms with Crippen LogP contribution in [0.4, 0.5) is 5.69 Å². The maximum atomic E-state index is 13.5. The number of fused-ring (bicyclic) bond motifs is 1. The number of rotatable bonds is 5. The molecule has 10 heteroatoms. The Morgan fingerprint density at radius 3 is 2.67 bits per heavy atom. The lowest BCUT2D eigenvalue weighted by molar-refractivity contribution is -0.146. The molecule has 216 valence electrons. The summed E-state index contributed by atoms with van der Waals surface area (Å²) < 4.78 is 7.75. The maximum absolute atomic E-state index is 13.5. The van der Waals surface area contributed by atoms with Crippen LogP contribution in [0.25, 0.3) is 10.8 Å². The summed E-state index contributed by atoms with van der Waals surface area (Å²) in [7, 11) is 0. The van der Waals surface area contributed by atoms with Gasteiger partial charge in [-0.2, -0.15) is 5.10 Å². The summed E-state index contributed by atoms with van der Waals surface area (Å²) in [6.45, 7) is 4.25. The second-order valence-electron chi connectivity index (χ2n) is 13.0. The molecule has 1 aliphatic carbocycles. The fraction of sp³-hybridized carbons (Fsp3) is 0.469. The van der Waals surface area contributed by atoms with Gasteiger partial charge in [-0.05, 0) is 67.7 Å².